The first-order chi connectivity index (χ1) is 12.0. The van der Waals surface area contributed by atoms with E-state index in [0.29, 0.717) is 38.0 Å². The van der Waals surface area contributed by atoms with Crippen LogP contribution in [0.2, 0.25) is 0 Å². The van der Waals surface area contributed by atoms with E-state index in [-0.39, 0.29) is 29.6 Å². The van der Waals surface area contributed by atoms with E-state index in [1.165, 1.54) is 12.1 Å². The summed E-state index contributed by atoms with van der Waals surface area (Å²) in [6.07, 6.45) is 3.90. The fourth-order valence-electron chi connectivity index (χ4n) is 4.07. The molecule has 25 heavy (non-hydrogen) atoms. The fourth-order valence-corrected chi connectivity index (χ4v) is 4.07. The van der Waals surface area contributed by atoms with Crippen LogP contribution in [0.4, 0.5) is 0 Å². The highest BCUT2D eigenvalue weighted by molar-refractivity contribution is 5.94. The second-order valence-electron chi connectivity index (χ2n) is 7.27. The molecule has 1 aromatic carbocycles. The zero-order valence-corrected chi connectivity index (χ0v) is 14.5. The Balaban J connectivity index is 1.70. The number of hydrogen-bond donors (Lipinski definition) is 2. The maximum absolute atomic E-state index is 12.8. The van der Waals surface area contributed by atoms with Crippen molar-refractivity contribution in [1.82, 2.24) is 9.80 Å². The highest BCUT2D eigenvalue weighted by Gasteiger charge is 2.42. The van der Waals surface area contributed by atoms with E-state index in [1.807, 2.05) is 9.80 Å². The van der Waals surface area contributed by atoms with Crippen LogP contribution < -0.4 is 0 Å². The second-order valence-corrected chi connectivity index (χ2v) is 7.27. The van der Waals surface area contributed by atoms with Crippen molar-refractivity contribution in [1.29, 1.82) is 0 Å². The Morgan fingerprint density at radius 3 is 2.64 bits per heavy atom. The van der Waals surface area contributed by atoms with Crippen LogP contribution in [0.3, 0.4) is 0 Å². The Labute approximate surface area is 148 Å². The van der Waals surface area contributed by atoms with Crippen molar-refractivity contribution in [2.45, 2.75) is 32.1 Å². The van der Waals surface area contributed by atoms with Gasteiger partial charge in [0.15, 0.2) is 0 Å². The maximum Gasteiger partial charge on any atom is 0.253 e. The predicted octanol–water partition coefficient (Wildman–Crippen LogP) is 1.62. The van der Waals surface area contributed by atoms with Crippen LogP contribution in [0.25, 0.3) is 0 Å². The van der Waals surface area contributed by atoms with Crippen molar-refractivity contribution < 1.29 is 19.8 Å². The van der Waals surface area contributed by atoms with Gasteiger partial charge in [0.25, 0.3) is 5.91 Å². The molecule has 3 rings (SSSR count). The molecule has 1 spiro atoms. The number of nitrogens with zero attached hydrogens (tertiary/aromatic N) is 2. The van der Waals surface area contributed by atoms with Gasteiger partial charge in [-0.15, -0.1) is 0 Å². The molecule has 0 unspecified atom stereocenters. The predicted molar refractivity (Wildman–Crippen MR) is 93.2 cm³/mol. The molecule has 2 aliphatic heterocycles. The molecular formula is C19H26N2O4. The molecule has 1 atom stereocenters. The first-order valence-electron chi connectivity index (χ1n) is 9.00. The Bertz CT molecular complexity index is 631. The zero-order chi connectivity index (χ0) is 17.9. The molecule has 0 radical (unpaired) electrons. The summed E-state index contributed by atoms with van der Waals surface area (Å²) in [4.78, 5) is 28.7. The van der Waals surface area contributed by atoms with E-state index in [4.69, 9.17) is 5.11 Å². The largest absolute Gasteiger partial charge is 0.508 e. The first-order valence-corrected chi connectivity index (χ1v) is 9.00. The minimum absolute atomic E-state index is 0.0158. The Kier molecular flexibility index (Phi) is 5.27. The summed E-state index contributed by atoms with van der Waals surface area (Å²) in [6, 6.07) is 6.36. The van der Waals surface area contributed by atoms with E-state index < -0.39 is 0 Å². The van der Waals surface area contributed by atoms with Gasteiger partial charge in [0.2, 0.25) is 5.91 Å². The van der Waals surface area contributed by atoms with Gasteiger partial charge in [-0.05, 0) is 49.9 Å². The molecule has 6 nitrogen and oxygen atoms in total. The van der Waals surface area contributed by atoms with E-state index >= 15 is 0 Å². The maximum atomic E-state index is 12.8. The third-order valence-electron chi connectivity index (χ3n) is 5.40. The number of aliphatic hydroxyl groups is 1. The van der Waals surface area contributed by atoms with Gasteiger partial charge >= 0.3 is 0 Å². The van der Waals surface area contributed by atoms with Crippen LogP contribution in [0.15, 0.2) is 24.3 Å². The molecule has 2 N–H and O–H groups in total. The summed E-state index contributed by atoms with van der Waals surface area (Å²) in [7, 11) is 0. The molecule has 2 amide bonds. The van der Waals surface area contributed by atoms with Crippen LogP contribution in [-0.2, 0) is 4.79 Å². The zero-order valence-electron chi connectivity index (χ0n) is 14.5. The van der Waals surface area contributed by atoms with Crippen LogP contribution in [-0.4, -0.2) is 64.6 Å². The van der Waals surface area contributed by atoms with Crippen molar-refractivity contribution >= 4 is 11.8 Å². The standard InChI is InChI=1S/C19H26N2O4/c22-12-2-11-20-13-19(9-7-17(20)24)8-1-10-21(14-19)18(25)15-3-5-16(23)6-4-15/h3-6,22-23H,1-2,7-14H2/t19-/m1/s1. The third-order valence-corrected chi connectivity index (χ3v) is 5.40. The number of benzene rings is 1. The smallest absolute Gasteiger partial charge is 0.253 e. The molecular weight excluding hydrogens is 320 g/mol. The molecule has 0 aliphatic carbocycles. The molecule has 2 fully saturated rings. The molecule has 2 heterocycles. The van der Waals surface area contributed by atoms with Crippen molar-refractivity contribution in [2.24, 2.45) is 5.41 Å². The number of hydrogen-bond acceptors (Lipinski definition) is 4. The number of rotatable bonds is 4. The lowest BCUT2D eigenvalue weighted by Crippen LogP contribution is -2.55. The van der Waals surface area contributed by atoms with Gasteiger partial charge in [-0.25, -0.2) is 0 Å². The lowest BCUT2D eigenvalue weighted by Gasteiger charge is -2.48. The van der Waals surface area contributed by atoms with E-state index in [9.17, 15) is 14.7 Å². The van der Waals surface area contributed by atoms with Crippen LogP contribution >= 0.6 is 0 Å². The molecule has 0 saturated carbocycles. The van der Waals surface area contributed by atoms with E-state index in [1.54, 1.807) is 12.1 Å². The topological polar surface area (TPSA) is 81.1 Å². The molecule has 1 aromatic rings. The van der Waals surface area contributed by atoms with Crippen molar-refractivity contribution in [2.75, 3.05) is 32.8 Å². The highest BCUT2D eigenvalue weighted by Crippen LogP contribution is 2.39. The lowest BCUT2D eigenvalue weighted by atomic mass is 9.73. The average Bonchev–Trinajstić information content (AvgIpc) is 2.63. The monoisotopic (exact) mass is 346 g/mol. The summed E-state index contributed by atoms with van der Waals surface area (Å²) in [5.41, 5.74) is 0.549. The summed E-state index contributed by atoms with van der Waals surface area (Å²) in [5, 5.41) is 18.4. The second kappa shape index (κ2) is 7.44. The van der Waals surface area contributed by atoms with Gasteiger partial charge in [-0.3, -0.25) is 9.59 Å². The molecule has 2 saturated heterocycles. The number of phenolic OH excluding ortho intramolecular Hbond substituents is 1. The third kappa shape index (κ3) is 3.95. The highest BCUT2D eigenvalue weighted by atomic mass is 16.3. The Morgan fingerprint density at radius 2 is 1.92 bits per heavy atom. The van der Waals surface area contributed by atoms with E-state index in [0.717, 1.165) is 25.8 Å². The van der Waals surface area contributed by atoms with Gasteiger partial charge in [-0.1, -0.05) is 0 Å². The SMILES string of the molecule is O=C1CC[C@]2(CCCN(C(=O)c3ccc(O)cc3)C2)CN1CCCO. The number of carbonyl (C=O) groups is 2. The summed E-state index contributed by atoms with van der Waals surface area (Å²) < 4.78 is 0. The normalized spacial score (nSPS) is 24.0. The summed E-state index contributed by atoms with van der Waals surface area (Å²) in [6.45, 7) is 2.73. The quantitative estimate of drug-likeness (QED) is 0.868. The minimum atomic E-state index is -0.0335. The van der Waals surface area contributed by atoms with Crippen molar-refractivity contribution in [3.63, 3.8) is 0 Å². The van der Waals surface area contributed by atoms with Crippen LogP contribution in [0.5, 0.6) is 5.75 Å². The minimum Gasteiger partial charge on any atom is -0.508 e. The van der Waals surface area contributed by atoms with Gasteiger partial charge in [0.1, 0.15) is 5.75 Å². The lowest BCUT2D eigenvalue weighted by molar-refractivity contribution is -0.139. The fraction of sp³-hybridized carbons (Fsp3) is 0.579. The number of phenols is 1. The van der Waals surface area contributed by atoms with Gasteiger partial charge < -0.3 is 20.0 Å². The number of aliphatic hydroxyl groups excluding tert-OH is 1. The average molecular weight is 346 g/mol. The molecule has 2 aliphatic rings. The number of piperidine rings is 2. The van der Waals surface area contributed by atoms with Crippen molar-refractivity contribution in [3.8, 4) is 5.75 Å². The molecule has 0 aromatic heterocycles. The van der Waals surface area contributed by atoms with Gasteiger partial charge in [-0.2, -0.15) is 0 Å². The molecule has 0 bridgehead atoms. The number of carbonyl (C=O) groups excluding carboxylic acids is 2. The van der Waals surface area contributed by atoms with Crippen LogP contribution in [0.1, 0.15) is 42.5 Å². The first kappa shape index (κ1) is 17.7. The Morgan fingerprint density at radius 1 is 1.16 bits per heavy atom. The number of aromatic hydroxyl groups is 1. The molecule has 136 valence electrons. The number of likely N-dealkylation sites (tertiary alicyclic amines) is 2. The summed E-state index contributed by atoms with van der Waals surface area (Å²) in [5.74, 6) is 0.288. The van der Waals surface area contributed by atoms with Crippen molar-refractivity contribution in [3.05, 3.63) is 29.8 Å². The summed E-state index contributed by atoms with van der Waals surface area (Å²) >= 11 is 0. The van der Waals surface area contributed by atoms with Gasteiger partial charge in [0.05, 0.1) is 0 Å². The van der Waals surface area contributed by atoms with Crippen LogP contribution in [0, 0.1) is 5.41 Å². The van der Waals surface area contributed by atoms with E-state index in [2.05, 4.69) is 0 Å². The molecule has 6 heteroatoms. The van der Waals surface area contributed by atoms with Gasteiger partial charge in [0, 0.05) is 50.2 Å². The number of amides is 2. The Hall–Kier alpha value is -2.08.